The molecule has 0 aliphatic heterocycles. The molecule has 0 radical (unpaired) electrons. The number of alkyl halides is 2. The number of carbonyl (C=O) groups excluding carboxylic acids is 1. The molecule has 3 rings (SSSR count). The Hall–Kier alpha value is -3.07. The molecule has 0 spiro atoms. The standard InChI is InChI=1S/C19H17F2N3O3S/c1-11(18-24-14(10-28-18)12-5-4-8-22-9-12)23-17(25)13-6-3-7-15(26-2)16(13)27-19(20)21/h3-11,19H,1-2H3,(H,23,25). The van der Waals surface area contributed by atoms with Gasteiger partial charge in [0.2, 0.25) is 0 Å². The molecule has 0 saturated carbocycles. The Morgan fingerprint density at radius 2 is 2.07 bits per heavy atom. The monoisotopic (exact) mass is 405 g/mol. The quantitative estimate of drug-likeness (QED) is 0.634. The van der Waals surface area contributed by atoms with E-state index in [1.807, 2.05) is 17.5 Å². The number of benzene rings is 1. The molecular weight excluding hydrogens is 388 g/mol. The molecule has 0 bridgehead atoms. The SMILES string of the molecule is COc1cccc(C(=O)NC(C)c2nc(-c3cccnc3)cs2)c1OC(F)F. The predicted molar refractivity (Wildman–Crippen MR) is 101 cm³/mol. The van der Waals surface area contributed by atoms with Gasteiger partial charge in [-0.1, -0.05) is 6.07 Å². The van der Waals surface area contributed by atoms with Crippen molar-refractivity contribution in [1.82, 2.24) is 15.3 Å². The number of hydrogen-bond donors (Lipinski definition) is 1. The van der Waals surface area contributed by atoms with Gasteiger partial charge in [0, 0.05) is 23.3 Å². The van der Waals surface area contributed by atoms with E-state index in [0.717, 1.165) is 11.3 Å². The van der Waals surface area contributed by atoms with E-state index in [4.69, 9.17) is 4.74 Å². The molecule has 146 valence electrons. The molecule has 0 aliphatic rings. The van der Waals surface area contributed by atoms with Crippen LogP contribution in [0.3, 0.4) is 0 Å². The van der Waals surface area contributed by atoms with Gasteiger partial charge < -0.3 is 14.8 Å². The Labute approximate surface area is 164 Å². The van der Waals surface area contributed by atoms with Crippen LogP contribution in [-0.4, -0.2) is 29.6 Å². The molecule has 1 atom stereocenters. The van der Waals surface area contributed by atoms with Gasteiger partial charge in [0.1, 0.15) is 5.01 Å². The number of methoxy groups -OCH3 is 1. The summed E-state index contributed by atoms with van der Waals surface area (Å²) in [5.74, 6) is -0.825. The number of nitrogens with one attached hydrogen (secondary N) is 1. The number of nitrogens with zero attached hydrogens (tertiary/aromatic N) is 2. The maximum absolute atomic E-state index is 12.7. The van der Waals surface area contributed by atoms with E-state index >= 15 is 0 Å². The van der Waals surface area contributed by atoms with Crippen LogP contribution >= 0.6 is 11.3 Å². The Bertz CT molecular complexity index is 951. The van der Waals surface area contributed by atoms with Crippen LogP contribution in [-0.2, 0) is 0 Å². The fourth-order valence-electron chi connectivity index (χ4n) is 2.54. The van der Waals surface area contributed by atoms with Crippen molar-refractivity contribution < 1.29 is 23.0 Å². The highest BCUT2D eigenvalue weighted by Gasteiger charge is 2.22. The topological polar surface area (TPSA) is 73.3 Å². The van der Waals surface area contributed by atoms with E-state index < -0.39 is 18.6 Å². The highest BCUT2D eigenvalue weighted by atomic mass is 32.1. The normalized spacial score (nSPS) is 11.9. The third kappa shape index (κ3) is 4.42. The van der Waals surface area contributed by atoms with Crippen LogP contribution in [0.25, 0.3) is 11.3 Å². The molecule has 0 saturated heterocycles. The van der Waals surface area contributed by atoms with Crippen molar-refractivity contribution in [2.24, 2.45) is 0 Å². The van der Waals surface area contributed by atoms with Gasteiger partial charge in [0.15, 0.2) is 11.5 Å². The maximum Gasteiger partial charge on any atom is 0.387 e. The Kier molecular flexibility index (Phi) is 6.15. The molecule has 2 heterocycles. The van der Waals surface area contributed by atoms with Gasteiger partial charge in [-0.2, -0.15) is 8.78 Å². The lowest BCUT2D eigenvalue weighted by Gasteiger charge is -2.16. The summed E-state index contributed by atoms with van der Waals surface area (Å²) in [7, 11) is 1.31. The number of thiazole rings is 1. The van der Waals surface area contributed by atoms with Gasteiger partial charge in [-0.15, -0.1) is 11.3 Å². The fraction of sp³-hybridized carbons (Fsp3) is 0.211. The van der Waals surface area contributed by atoms with Crippen molar-refractivity contribution in [1.29, 1.82) is 0 Å². The molecule has 1 aromatic carbocycles. The summed E-state index contributed by atoms with van der Waals surface area (Å²) in [5, 5.41) is 5.29. The zero-order valence-electron chi connectivity index (χ0n) is 15.1. The number of carbonyl (C=O) groups is 1. The van der Waals surface area contributed by atoms with Crippen LogP contribution in [0.2, 0.25) is 0 Å². The number of pyridine rings is 1. The summed E-state index contributed by atoms with van der Waals surface area (Å²) in [4.78, 5) is 21.2. The highest BCUT2D eigenvalue weighted by Crippen LogP contribution is 2.33. The zero-order chi connectivity index (χ0) is 20.1. The number of para-hydroxylation sites is 1. The molecule has 1 N–H and O–H groups in total. The smallest absolute Gasteiger partial charge is 0.387 e. The third-order valence-corrected chi connectivity index (χ3v) is 4.88. The summed E-state index contributed by atoms with van der Waals surface area (Å²) >= 11 is 1.38. The molecular formula is C19H17F2N3O3S. The van der Waals surface area contributed by atoms with Gasteiger partial charge in [0.25, 0.3) is 5.91 Å². The summed E-state index contributed by atoms with van der Waals surface area (Å²) in [6, 6.07) is 7.63. The molecule has 0 fully saturated rings. The number of amides is 1. The van der Waals surface area contributed by atoms with Crippen molar-refractivity contribution in [3.8, 4) is 22.8 Å². The van der Waals surface area contributed by atoms with Gasteiger partial charge in [-0.3, -0.25) is 9.78 Å². The van der Waals surface area contributed by atoms with Crippen LogP contribution in [0.5, 0.6) is 11.5 Å². The maximum atomic E-state index is 12.7. The zero-order valence-corrected chi connectivity index (χ0v) is 15.9. The first-order chi connectivity index (χ1) is 13.5. The summed E-state index contributed by atoms with van der Waals surface area (Å²) < 4.78 is 35.0. The largest absolute Gasteiger partial charge is 0.493 e. The van der Waals surface area contributed by atoms with Crippen molar-refractivity contribution in [3.63, 3.8) is 0 Å². The number of aromatic nitrogens is 2. The van der Waals surface area contributed by atoms with Gasteiger partial charge in [-0.05, 0) is 31.2 Å². The van der Waals surface area contributed by atoms with Crippen LogP contribution in [0.15, 0.2) is 48.1 Å². The van der Waals surface area contributed by atoms with Gasteiger partial charge >= 0.3 is 6.61 Å². The molecule has 3 aromatic rings. The van der Waals surface area contributed by atoms with Crippen molar-refractivity contribution in [2.45, 2.75) is 19.6 Å². The molecule has 6 nitrogen and oxygen atoms in total. The van der Waals surface area contributed by atoms with Crippen LogP contribution in [0.1, 0.15) is 28.3 Å². The minimum atomic E-state index is -3.08. The Morgan fingerprint density at radius 1 is 1.25 bits per heavy atom. The summed E-state index contributed by atoms with van der Waals surface area (Å²) in [6.07, 6.45) is 3.37. The molecule has 1 unspecified atom stereocenters. The Morgan fingerprint density at radius 3 is 2.75 bits per heavy atom. The lowest BCUT2D eigenvalue weighted by molar-refractivity contribution is -0.0515. The van der Waals surface area contributed by atoms with Crippen molar-refractivity contribution in [3.05, 3.63) is 58.7 Å². The van der Waals surface area contributed by atoms with Crippen molar-refractivity contribution in [2.75, 3.05) is 7.11 Å². The molecule has 1 amide bonds. The van der Waals surface area contributed by atoms with Gasteiger partial charge in [-0.25, -0.2) is 4.98 Å². The number of rotatable bonds is 7. The number of hydrogen-bond acceptors (Lipinski definition) is 6. The van der Waals surface area contributed by atoms with Crippen LogP contribution in [0, 0.1) is 0 Å². The second kappa shape index (κ2) is 8.75. The predicted octanol–water partition coefficient (Wildman–Crippen LogP) is 4.31. The van der Waals surface area contributed by atoms with Gasteiger partial charge in [0.05, 0.1) is 24.4 Å². The lowest BCUT2D eigenvalue weighted by atomic mass is 10.1. The summed E-state index contributed by atoms with van der Waals surface area (Å²) in [5.41, 5.74) is 1.57. The second-order valence-corrected chi connectivity index (χ2v) is 6.61. The van der Waals surface area contributed by atoms with Crippen molar-refractivity contribution >= 4 is 17.2 Å². The van der Waals surface area contributed by atoms with E-state index in [2.05, 4.69) is 20.0 Å². The molecule has 2 aromatic heterocycles. The first kappa shape index (κ1) is 19.7. The first-order valence-corrected chi connectivity index (χ1v) is 9.16. The molecule has 0 aliphatic carbocycles. The van der Waals surface area contributed by atoms with E-state index in [-0.39, 0.29) is 17.1 Å². The van der Waals surface area contributed by atoms with Crippen LogP contribution in [0.4, 0.5) is 8.78 Å². The van der Waals surface area contributed by atoms with E-state index in [0.29, 0.717) is 5.01 Å². The average Bonchev–Trinajstić information content (AvgIpc) is 3.18. The molecule has 28 heavy (non-hydrogen) atoms. The van der Waals surface area contributed by atoms with E-state index in [1.165, 1.54) is 36.6 Å². The highest BCUT2D eigenvalue weighted by molar-refractivity contribution is 7.10. The fourth-order valence-corrected chi connectivity index (χ4v) is 3.37. The minimum Gasteiger partial charge on any atom is -0.493 e. The number of halogens is 2. The summed E-state index contributed by atoms with van der Waals surface area (Å²) in [6.45, 7) is -1.32. The lowest BCUT2D eigenvalue weighted by Crippen LogP contribution is -2.27. The number of ether oxygens (including phenoxy) is 2. The Balaban J connectivity index is 1.79. The first-order valence-electron chi connectivity index (χ1n) is 8.28. The minimum absolute atomic E-state index is 0.0458. The molecule has 9 heteroatoms. The second-order valence-electron chi connectivity index (χ2n) is 5.72. The average molecular weight is 405 g/mol. The van der Waals surface area contributed by atoms with E-state index in [1.54, 1.807) is 19.3 Å². The van der Waals surface area contributed by atoms with E-state index in [9.17, 15) is 13.6 Å². The van der Waals surface area contributed by atoms with Crippen LogP contribution < -0.4 is 14.8 Å². The third-order valence-electron chi connectivity index (χ3n) is 3.85.